The summed E-state index contributed by atoms with van der Waals surface area (Å²) >= 11 is -2.43. The van der Waals surface area contributed by atoms with Gasteiger partial charge in [-0.15, -0.1) is 0 Å². The summed E-state index contributed by atoms with van der Waals surface area (Å²) in [5.41, 5.74) is 0.509. The highest BCUT2D eigenvalue weighted by molar-refractivity contribution is 6.40. The minimum atomic E-state index is -2.43. The zero-order chi connectivity index (χ0) is 13.5. The Hall–Kier alpha value is -0.858. The predicted octanol–water partition coefficient (Wildman–Crippen LogP) is 2.68. The van der Waals surface area contributed by atoms with Crippen molar-refractivity contribution in [1.82, 2.24) is 0 Å². The topological polar surface area (TPSA) is 44.8 Å². The van der Waals surface area contributed by atoms with Gasteiger partial charge in [-0.1, -0.05) is 18.2 Å². The second-order valence-electron chi connectivity index (χ2n) is 4.43. The number of carbonyl (C=O) groups excluding carboxylic acids is 1. The first-order chi connectivity index (χ1) is 8.49. The first-order valence-corrected chi connectivity index (χ1v) is 7.47. The molecule has 0 N–H and O–H groups in total. The smallest absolute Gasteiger partial charge is 0.569 e. The van der Waals surface area contributed by atoms with Crippen molar-refractivity contribution >= 4 is 21.1 Å². The molecule has 0 fully saturated rings. The molecule has 0 saturated heterocycles. The van der Waals surface area contributed by atoms with Gasteiger partial charge in [-0.2, -0.15) is 0 Å². The zero-order valence-electron chi connectivity index (χ0n) is 11.3. The molecule has 0 aliphatic heterocycles. The van der Waals surface area contributed by atoms with Crippen molar-refractivity contribution in [2.24, 2.45) is 0 Å². The highest BCUT2D eigenvalue weighted by Crippen LogP contribution is 2.07. The van der Waals surface area contributed by atoms with Crippen molar-refractivity contribution in [3.63, 3.8) is 0 Å². The lowest BCUT2D eigenvalue weighted by Gasteiger charge is -2.17. The van der Waals surface area contributed by atoms with Crippen molar-refractivity contribution in [3.8, 4) is 0 Å². The van der Waals surface area contributed by atoms with Crippen molar-refractivity contribution in [2.45, 2.75) is 39.9 Å². The van der Waals surface area contributed by atoms with Crippen LogP contribution in [0.4, 0.5) is 0 Å². The van der Waals surface area contributed by atoms with Gasteiger partial charge in [0.1, 0.15) is 0 Å². The molecular weight excluding hydrogens is 247 g/mol. The fraction of sp³-hybridized carbons (Fsp3) is 0.462. The number of hydrogen-bond acceptors (Lipinski definition) is 4. The van der Waals surface area contributed by atoms with E-state index in [1.807, 2.05) is 33.8 Å². The standard InChI is InChI=1S/C7H6O2.2C3H7O.Al/c8-7(9)6-4-2-1-3-5-6;2*1-3(2)4;/h1-5H,(H,8,9);2*3H,1-2H3;/q;2*-1;+3/p-1. The van der Waals surface area contributed by atoms with Gasteiger partial charge in [-0.3, -0.25) is 0 Å². The van der Waals surface area contributed by atoms with Gasteiger partial charge in [0.15, 0.2) is 0 Å². The van der Waals surface area contributed by atoms with Crippen LogP contribution in [0.15, 0.2) is 30.3 Å². The molecule has 0 heterocycles. The van der Waals surface area contributed by atoms with Crippen LogP contribution in [0.2, 0.25) is 0 Å². The second kappa shape index (κ2) is 7.55. The molecule has 1 aromatic rings. The van der Waals surface area contributed by atoms with E-state index in [0.717, 1.165) is 0 Å². The Labute approximate surface area is 113 Å². The summed E-state index contributed by atoms with van der Waals surface area (Å²) in [5.74, 6) is -0.395. The molecule has 1 rings (SSSR count). The molecule has 0 atom stereocenters. The van der Waals surface area contributed by atoms with Gasteiger partial charge >= 0.3 is 21.1 Å². The predicted molar refractivity (Wildman–Crippen MR) is 70.1 cm³/mol. The van der Waals surface area contributed by atoms with Crippen molar-refractivity contribution < 1.29 is 16.2 Å². The Morgan fingerprint density at radius 1 is 1.00 bits per heavy atom. The lowest BCUT2D eigenvalue weighted by atomic mass is 10.2. The fourth-order valence-corrected chi connectivity index (χ4v) is 2.64. The Balaban J connectivity index is 2.62. The van der Waals surface area contributed by atoms with E-state index in [4.69, 9.17) is 11.4 Å². The lowest BCUT2D eigenvalue weighted by molar-refractivity contribution is 0.0376. The number of benzene rings is 1. The first kappa shape index (κ1) is 15.2. The summed E-state index contributed by atoms with van der Waals surface area (Å²) in [6.45, 7) is 7.56. The highest BCUT2D eigenvalue weighted by atomic mass is 27.3. The Bertz CT molecular complexity index is 355. The third-order valence-electron chi connectivity index (χ3n) is 1.98. The van der Waals surface area contributed by atoms with Crippen LogP contribution in [0.5, 0.6) is 0 Å². The second-order valence-corrected chi connectivity index (χ2v) is 5.79. The maximum atomic E-state index is 11.9. The van der Waals surface area contributed by atoms with Gasteiger partial charge in [0.25, 0.3) is 0 Å². The van der Waals surface area contributed by atoms with Crippen LogP contribution >= 0.6 is 0 Å². The molecule has 98 valence electrons. The van der Waals surface area contributed by atoms with Crippen LogP contribution in [-0.4, -0.2) is 33.3 Å². The van der Waals surface area contributed by atoms with Crippen LogP contribution in [0, 0.1) is 0 Å². The molecule has 1 aromatic carbocycles. The van der Waals surface area contributed by atoms with Crippen LogP contribution in [-0.2, 0) is 11.4 Å². The number of rotatable bonds is 6. The summed E-state index contributed by atoms with van der Waals surface area (Å²) in [5, 5.41) is 0. The van der Waals surface area contributed by atoms with Gasteiger partial charge < -0.3 is 11.4 Å². The maximum absolute atomic E-state index is 11.9. The van der Waals surface area contributed by atoms with Crippen molar-refractivity contribution in [1.29, 1.82) is 0 Å². The molecular formula is C13H19AlO4. The Morgan fingerprint density at radius 2 is 1.50 bits per heavy atom. The highest BCUT2D eigenvalue weighted by Gasteiger charge is 2.39. The van der Waals surface area contributed by atoms with Gasteiger partial charge in [0.2, 0.25) is 0 Å². The van der Waals surface area contributed by atoms with Crippen LogP contribution in [0.1, 0.15) is 38.1 Å². The molecule has 0 aliphatic carbocycles. The molecule has 0 amide bonds. The largest absolute Gasteiger partial charge is 1.00 e. The molecule has 0 spiro atoms. The Morgan fingerprint density at radius 3 is 1.94 bits per heavy atom. The molecule has 0 radical (unpaired) electrons. The van der Waals surface area contributed by atoms with Crippen molar-refractivity contribution in [3.05, 3.63) is 35.9 Å². The van der Waals surface area contributed by atoms with E-state index in [9.17, 15) is 4.79 Å². The normalized spacial score (nSPS) is 10.8. The van der Waals surface area contributed by atoms with Crippen LogP contribution in [0.3, 0.4) is 0 Å². The summed E-state index contributed by atoms with van der Waals surface area (Å²) in [7, 11) is 0. The van der Waals surface area contributed by atoms with Crippen molar-refractivity contribution in [2.75, 3.05) is 0 Å². The summed E-state index contributed by atoms with van der Waals surface area (Å²) in [6, 6.07) is 8.84. The van der Waals surface area contributed by atoms with Gasteiger partial charge in [0.05, 0.1) is 5.56 Å². The van der Waals surface area contributed by atoms with Gasteiger partial charge in [-0.25, -0.2) is 4.79 Å². The molecule has 0 aromatic heterocycles. The SMILES string of the molecule is CC(C)[O][Al]([O]C(=O)c1ccccc1)[O]C(C)C. The fourth-order valence-electron chi connectivity index (χ4n) is 1.26. The molecule has 4 nitrogen and oxygen atoms in total. The lowest BCUT2D eigenvalue weighted by Crippen LogP contribution is -2.34. The van der Waals surface area contributed by atoms with E-state index in [2.05, 4.69) is 0 Å². The minimum Gasteiger partial charge on any atom is -0.569 e. The monoisotopic (exact) mass is 266 g/mol. The van der Waals surface area contributed by atoms with E-state index >= 15 is 0 Å². The maximum Gasteiger partial charge on any atom is 1.00 e. The molecule has 18 heavy (non-hydrogen) atoms. The molecule has 5 heteroatoms. The summed E-state index contributed by atoms with van der Waals surface area (Å²) < 4.78 is 16.4. The zero-order valence-corrected chi connectivity index (χ0v) is 12.4. The minimum absolute atomic E-state index is 0.0241. The molecule has 0 aliphatic rings. The average Bonchev–Trinajstić information content (AvgIpc) is 2.28. The Kier molecular flexibility index (Phi) is 6.38. The summed E-state index contributed by atoms with van der Waals surface area (Å²) in [6.07, 6.45) is -0.0482. The van der Waals surface area contributed by atoms with Crippen LogP contribution in [0.25, 0.3) is 0 Å². The molecule has 0 unspecified atom stereocenters. The van der Waals surface area contributed by atoms with Gasteiger partial charge in [-0.05, 0) is 39.8 Å². The van der Waals surface area contributed by atoms with E-state index in [-0.39, 0.29) is 12.2 Å². The summed E-state index contributed by atoms with van der Waals surface area (Å²) in [4.78, 5) is 11.9. The number of carbonyl (C=O) groups is 1. The number of hydrogen-bond donors (Lipinski definition) is 0. The van der Waals surface area contributed by atoms with E-state index < -0.39 is 21.1 Å². The van der Waals surface area contributed by atoms with E-state index in [1.54, 1.807) is 24.3 Å². The quantitative estimate of drug-likeness (QED) is 0.743. The van der Waals surface area contributed by atoms with Gasteiger partial charge in [0, 0.05) is 12.2 Å². The molecule has 0 saturated carbocycles. The average molecular weight is 266 g/mol. The molecule has 0 bridgehead atoms. The van der Waals surface area contributed by atoms with Crippen LogP contribution < -0.4 is 0 Å². The third-order valence-corrected chi connectivity index (χ3v) is 3.92. The first-order valence-electron chi connectivity index (χ1n) is 6.06. The van der Waals surface area contributed by atoms with E-state index in [0.29, 0.717) is 5.56 Å². The third kappa shape index (κ3) is 5.65. The van der Waals surface area contributed by atoms with E-state index in [1.165, 1.54) is 0 Å².